The van der Waals surface area contributed by atoms with Crippen LogP contribution in [-0.4, -0.2) is 50.3 Å². The molecule has 5 aromatic rings. The zero-order valence-electron chi connectivity index (χ0n) is 22.7. The molecule has 0 spiro atoms. The Hall–Kier alpha value is -4.52. The Labute approximate surface area is 234 Å². The molecule has 0 saturated heterocycles. The van der Waals surface area contributed by atoms with Gasteiger partial charge >= 0.3 is 0 Å². The van der Waals surface area contributed by atoms with Gasteiger partial charge in [-0.25, -0.2) is 9.67 Å². The highest BCUT2D eigenvalue weighted by Gasteiger charge is 2.27. The lowest BCUT2D eigenvalue weighted by Crippen LogP contribution is -2.42. The van der Waals surface area contributed by atoms with Gasteiger partial charge < -0.3 is 9.64 Å². The molecule has 7 heteroatoms. The molecule has 1 aliphatic rings. The van der Waals surface area contributed by atoms with Gasteiger partial charge in [0.25, 0.3) is 0 Å². The van der Waals surface area contributed by atoms with Gasteiger partial charge in [0.15, 0.2) is 11.6 Å². The largest absolute Gasteiger partial charge is 0.497 e. The lowest BCUT2D eigenvalue weighted by atomic mass is 10.0. The number of aromatic nitrogens is 4. The Morgan fingerprint density at radius 1 is 0.925 bits per heavy atom. The molecule has 1 aliphatic carbocycles. The second-order valence-corrected chi connectivity index (χ2v) is 10.3. The van der Waals surface area contributed by atoms with Gasteiger partial charge in [0.2, 0.25) is 5.91 Å². The number of hydrogen-bond donors (Lipinski definition) is 0. The second kappa shape index (κ2) is 11.7. The van der Waals surface area contributed by atoms with Crippen molar-refractivity contribution >= 4 is 16.7 Å². The molecule has 0 atom stereocenters. The van der Waals surface area contributed by atoms with Crippen molar-refractivity contribution in [2.24, 2.45) is 0 Å². The number of methoxy groups -OCH3 is 1. The third-order valence-electron chi connectivity index (χ3n) is 7.82. The van der Waals surface area contributed by atoms with Gasteiger partial charge in [-0.05, 0) is 65.6 Å². The summed E-state index contributed by atoms with van der Waals surface area (Å²) in [5, 5.41) is 7.21. The molecule has 1 amide bonds. The number of carbonyl (C=O) groups is 1. The number of amides is 1. The number of nitrogens with zero attached hydrogens (tertiary/aromatic N) is 5. The van der Waals surface area contributed by atoms with Crippen LogP contribution in [0.4, 0.5) is 0 Å². The number of benzene rings is 3. The van der Waals surface area contributed by atoms with Crippen LogP contribution >= 0.6 is 0 Å². The molecule has 2 aromatic heterocycles. The van der Waals surface area contributed by atoms with Crippen molar-refractivity contribution in [2.45, 2.75) is 44.7 Å². The highest BCUT2D eigenvalue weighted by Crippen LogP contribution is 2.27. The van der Waals surface area contributed by atoms with Crippen molar-refractivity contribution < 1.29 is 9.53 Å². The number of fused-ring (bicyclic) bond motifs is 1. The quantitative estimate of drug-likeness (QED) is 0.227. The van der Waals surface area contributed by atoms with Crippen LogP contribution in [0.2, 0.25) is 0 Å². The lowest BCUT2D eigenvalue weighted by molar-refractivity contribution is -0.132. The lowest BCUT2D eigenvalue weighted by Gasteiger charge is -2.29. The molecule has 0 aliphatic heterocycles. The SMILES string of the molecule is COc1ccc(-c2nc(-c3ccncc3)n(CCN(C(=O)Cc3cccc4ccccc34)C3CCCC3)n2)cc1. The summed E-state index contributed by atoms with van der Waals surface area (Å²) < 4.78 is 7.25. The van der Waals surface area contributed by atoms with Crippen LogP contribution < -0.4 is 4.74 Å². The Bertz CT molecular complexity index is 1590. The number of pyridine rings is 1. The normalized spacial score (nSPS) is 13.5. The third kappa shape index (κ3) is 5.45. The highest BCUT2D eigenvalue weighted by atomic mass is 16.5. The minimum Gasteiger partial charge on any atom is -0.497 e. The topological polar surface area (TPSA) is 73.1 Å². The molecular formula is C33H33N5O2. The first-order valence-corrected chi connectivity index (χ1v) is 14.0. The Kier molecular flexibility index (Phi) is 7.53. The molecule has 0 unspecified atom stereocenters. The van der Waals surface area contributed by atoms with E-state index in [2.05, 4.69) is 34.1 Å². The molecule has 1 saturated carbocycles. The summed E-state index contributed by atoms with van der Waals surface area (Å²) >= 11 is 0. The molecule has 7 nitrogen and oxygen atoms in total. The van der Waals surface area contributed by atoms with Crippen LogP contribution in [0.5, 0.6) is 5.75 Å². The summed E-state index contributed by atoms with van der Waals surface area (Å²) in [6, 6.07) is 26.4. The standard InChI is InChI=1S/C33H33N5O2/c1-40-29-15-13-25(14-16-29)32-35-33(26-17-19-34-20-18-26)38(36-32)22-21-37(28-10-3-4-11-28)31(39)23-27-9-6-8-24-7-2-5-12-30(24)27/h2,5-9,12-20,28H,3-4,10-11,21-23H2,1H3. The fourth-order valence-corrected chi connectivity index (χ4v) is 5.72. The van der Waals surface area contributed by atoms with Gasteiger partial charge in [-0.2, -0.15) is 5.10 Å². The van der Waals surface area contributed by atoms with Crippen molar-refractivity contribution in [1.82, 2.24) is 24.6 Å². The Morgan fingerprint density at radius 3 is 2.45 bits per heavy atom. The summed E-state index contributed by atoms with van der Waals surface area (Å²) in [7, 11) is 1.65. The first-order chi connectivity index (χ1) is 19.7. The predicted octanol–water partition coefficient (Wildman–Crippen LogP) is 6.18. The number of ether oxygens (including phenoxy) is 1. The summed E-state index contributed by atoms with van der Waals surface area (Å²) in [5.41, 5.74) is 2.93. The minimum absolute atomic E-state index is 0.171. The van der Waals surface area contributed by atoms with Crippen molar-refractivity contribution in [3.8, 4) is 28.5 Å². The fraction of sp³-hybridized carbons (Fsp3) is 0.273. The monoisotopic (exact) mass is 531 g/mol. The molecular weight excluding hydrogens is 498 g/mol. The van der Waals surface area contributed by atoms with E-state index in [4.69, 9.17) is 14.8 Å². The summed E-state index contributed by atoms with van der Waals surface area (Å²) in [5.74, 6) is 2.36. The molecule has 0 N–H and O–H groups in total. The van der Waals surface area contributed by atoms with Crippen LogP contribution in [-0.2, 0) is 17.8 Å². The maximum Gasteiger partial charge on any atom is 0.227 e. The Morgan fingerprint density at radius 2 is 1.68 bits per heavy atom. The van der Waals surface area contributed by atoms with E-state index < -0.39 is 0 Å². The number of carbonyl (C=O) groups excluding carboxylic acids is 1. The third-order valence-corrected chi connectivity index (χ3v) is 7.82. The van der Waals surface area contributed by atoms with Crippen LogP contribution in [0.25, 0.3) is 33.5 Å². The molecule has 1 fully saturated rings. The van der Waals surface area contributed by atoms with Crippen molar-refractivity contribution in [2.75, 3.05) is 13.7 Å². The second-order valence-electron chi connectivity index (χ2n) is 10.3. The minimum atomic E-state index is 0.171. The van der Waals surface area contributed by atoms with E-state index in [9.17, 15) is 4.79 Å². The number of rotatable bonds is 9. The van der Waals surface area contributed by atoms with Gasteiger partial charge in [0.1, 0.15) is 5.75 Å². The fourth-order valence-electron chi connectivity index (χ4n) is 5.72. The molecule has 40 heavy (non-hydrogen) atoms. The summed E-state index contributed by atoms with van der Waals surface area (Å²) in [6.45, 7) is 1.14. The van der Waals surface area contributed by atoms with E-state index >= 15 is 0 Å². The Balaban J connectivity index is 1.28. The van der Waals surface area contributed by atoms with E-state index in [1.54, 1.807) is 19.5 Å². The maximum absolute atomic E-state index is 13.9. The van der Waals surface area contributed by atoms with E-state index in [-0.39, 0.29) is 11.9 Å². The molecule has 0 bridgehead atoms. The summed E-state index contributed by atoms with van der Waals surface area (Å²) in [4.78, 5) is 25.0. The molecule has 3 aromatic carbocycles. The average Bonchev–Trinajstić information content (AvgIpc) is 3.69. The molecule has 202 valence electrons. The van der Waals surface area contributed by atoms with Gasteiger partial charge in [-0.3, -0.25) is 9.78 Å². The first kappa shape index (κ1) is 25.7. The van der Waals surface area contributed by atoms with Crippen molar-refractivity contribution in [3.63, 3.8) is 0 Å². The van der Waals surface area contributed by atoms with E-state index in [0.717, 1.165) is 64.7 Å². The average molecular weight is 532 g/mol. The van der Waals surface area contributed by atoms with E-state index in [1.807, 2.05) is 59.3 Å². The molecule has 0 radical (unpaired) electrons. The zero-order valence-corrected chi connectivity index (χ0v) is 22.7. The molecule has 6 rings (SSSR count). The maximum atomic E-state index is 13.9. The van der Waals surface area contributed by atoms with Gasteiger partial charge in [-0.1, -0.05) is 55.3 Å². The van der Waals surface area contributed by atoms with E-state index in [1.165, 1.54) is 0 Å². The van der Waals surface area contributed by atoms with Crippen LogP contribution in [0.3, 0.4) is 0 Å². The van der Waals surface area contributed by atoms with Crippen LogP contribution in [0, 0.1) is 0 Å². The predicted molar refractivity (Wildman–Crippen MR) is 157 cm³/mol. The van der Waals surface area contributed by atoms with Gasteiger partial charge in [0.05, 0.1) is 20.1 Å². The van der Waals surface area contributed by atoms with Gasteiger partial charge in [-0.15, -0.1) is 0 Å². The van der Waals surface area contributed by atoms with Crippen LogP contribution in [0.15, 0.2) is 91.3 Å². The van der Waals surface area contributed by atoms with Crippen molar-refractivity contribution in [3.05, 3.63) is 96.8 Å². The number of hydrogen-bond acceptors (Lipinski definition) is 5. The summed E-state index contributed by atoms with van der Waals surface area (Å²) in [6.07, 6.45) is 8.34. The van der Waals surface area contributed by atoms with E-state index in [0.29, 0.717) is 25.3 Å². The molecule has 2 heterocycles. The van der Waals surface area contributed by atoms with Crippen molar-refractivity contribution in [1.29, 1.82) is 0 Å². The highest BCUT2D eigenvalue weighted by molar-refractivity contribution is 5.90. The van der Waals surface area contributed by atoms with Crippen LogP contribution in [0.1, 0.15) is 31.2 Å². The first-order valence-electron chi connectivity index (χ1n) is 14.0. The smallest absolute Gasteiger partial charge is 0.227 e. The zero-order chi connectivity index (χ0) is 27.3. The van der Waals surface area contributed by atoms with Gasteiger partial charge in [0, 0.05) is 36.1 Å².